The maximum absolute atomic E-state index is 12.8. The van der Waals surface area contributed by atoms with Gasteiger partial charge in [0.2, 0.25) is 11.8 Å². The van der Waals surface area contributed by atoms with Crippen molar-refractivity contribution < 1.29 is 28.7 Å². The van der Waals surface area contributed by atoms with E-state index in [9.17, 15) is 19.2 Å². The number of rotatable bonds is 5. The number of aromatic nitrogens is 2. The molecule has 1 atom stereocenters. The highest BCUT2D eigenvalue weighted by Gasteiger charge is 2.33. The number of carbonyl (C=O) groups is 4. The van der Waals surface area contributed by atoms with Gasteiger partial charge in [-0.3, -0.25) is 29.2 Å². The van der Waals surface area contributed by atoms with Crippen molar-refractivity contribution in [3.8, 4) is 11.5 Å². The molecule has 2 saturated heterocycles. The van der Waals surface area contributed by atoms with Crippen molar-refractivity contribution in [2.24, 2.45) is 7.05 Å². The van der Waals surface area contributed by atoms with Crippen molar-refractivity contribution in [3.63, 3.8) is 0 Å². The molecule has 5 rings (SSSR count). The minimum Gasteiger partial charge on any atom is -0.495 e. The number of nitrogens with zero attached hydrogens (tertiary/aromatic N) is 3. The number of piperidine rings is 2. The molecule has 198 valence electrons. The zero-order chi connectivity index (χ0) is 26.8. The maximum atomic E-state index is 12.8. The van der Waals surface area contributed by atoms with Gasteiger partial charge in [0.25, 0.3) is 0 Å². The van der Waals surface area contributed by atoms with Gasteiger partial charge in [0.1, 0.15) is 23.1 Å². The Hall–Kier alpha value is -4.41. The van der Waals surface area contributed by atoms with Gasteiger partial charge in [-0.2, -0.15) is 5.10 Å². The van der Waals surface area contributed by atoms with Crippen LogP contribution in [0.1, 0.15) is 37.3 Å². The molecule has 1 unspecified atom stereocenters. The quantitative estimate of drug-likeness (QED) is 0.390. The van der Waals surface area contributed by atoms with Crippen molar-refractivity contribution >= 4 is 40.2 Å². The van der Waals surface area contributed by atoms with Crippen molar-refractivity contribution in [1.82, 2.24) is 20.0 Å². The third-order valence-electron chi connectivity index (χ3n) is 7.00. The Morgan fingerprint density at radius 3 is 2.50 bits per heavy atom. The first-order chi connectivity index (χ1) is 18.4. The smallest absolute Gasteiger partial charge is 0.314 e. The lowest BCUT2D eigenvalue weighted by atomic mass is 9.93. The van der Waals surface area contributed by atoms with Gasteiger partial charge < -0.3 is 19.7 Å². The Bertz CT molecular complexity index is 1410. The normalized spacial score (nSPS) is 18.3. The Labute approximate surface area is 219 Å². The molecule has 3 aromatic rings. The molecule has 0 radical (unpaired) electrons. The van der Waals surface area contributed by atoms with E-state index in [-0.39, 0.29) is 24.3 Å². The molecule has 0 saturated carbocycles. The van der Waals surface area contributed by atoms with Crippen LogP contribution in [0.25, 0.3) is 10.9 Å². The molecule has 4 amide bonds. The number of ether oxygens (including phenoxy) is 2. The summed E-state index contributed by atoms with van der Waals surface area (Å²) in [5.74, 6) is -1.30. The number of para-hydroxylation sites is 3. The Morgan fingerprint density at radius 2 is 1.76 bits per heavy atom. The second kappa shape index (κ2) is 10.5. The fraction of sp³-hybridized carbons (Fsp3) is 0.370. The summed E-state index contributed by atoms with van der Waals surface area (Å²) in [7, 11) is 3.30. The predicted octanol–water partition coefficient (Wildman–Crippen LogP) is 2.11. The van der Waals surface area contributed by atoms with Crippen LogP contribution in [0.4, 0.5) is 5.69 Å². The zero-order valence-corrected chi connectivity index (χ0v) is 21.2. The minimum atomic E-state index is -0.713. The van der Waals surface area contributed by atoms with Crippen LogP contribution in [0, 0.1) is 0 Å². The van der Waals surface area contributed by atoms with E-state index in [4.69, 9.17) is 9.47 Å². The number of hydrogen-bond donors (Lipinski definition) is 2. The third kappa shape index (κ3) is 4.91. The molecule has 38 heavy (non-hydrogen) atoms. The largest absolute Gasteiger partial charge is 0.495 e. The number of likely N-dealkylation sites (tertiary alicyclic amines) is 1. The molecule has 2 aromatic carbocycles. The lowest BCUT2D eigenvalue weighted by molar-refractivity contribution is -0.144. The SMILES string of the molecule is COc1ccccc1NC(=O)C(=O)N1CCC(Oc2cccc3c(C4CCC(=O)NC4=O)nn(C)c23)CC1. The number of hydrogen-bond acceptors (Lipinski definition) is 7. The van der Waals surface area contributed by atoms with Gasteiger partial charge >= 0.3 is 11.8 Å². The molecule has 11 nitrogen and oxygen atoms in total. The zero-order valence-electron chi connectivity index (χ0n) is 21.2. The van der Waals surface area contributed by atoms with Gasteiger partial charge in [0, 0.05) is 44.8 Å². The van der Waals surface area contributed by atoms with Crippen molar-refractivity contribution in [2.75, 3.05) is 25.5 Å². The minimum absolute atomic E-state index is 0.157. The molecule has 2 fully saturated rings. The summed E-state index contributed by atoms with van der Waals surface area (Å²) in [4.78, 5) is 50.9. The van der Waals surface area contributed by atoms with E-state index in [2.05, 4.69) is 15.7 Å². The average Bonchev–Trinajstić information content (AvgIpc) is 3.26. The number of nitrogens with one attached hydrogen (secondary N) is 2. The number of imide groups is 1. The van der Waals surface area contributed by atoms with Gasteiger partial charge in [-0.05, 0) is 24.6 Å². The highest BCUT2D eigenvalue weighted by atomic mass is 16.5. The van der Waals surface area contributed by atoms with Crippen LogP contribution in [-0.2, 0) is 26.2 Å². The summed E-state index contributed by atoms with van der Waals surface area (Å²) in [6.45, 7) is 0.761. The summed E-state index contributed by atoms with van der Waals surface area (Å²) < 4.78 is 13.3. The maximum Gasteiger partial charge on any atom is 0.314 e. The highest BCUT2D eigenvalue weighted by molar-refractivity contribution is 6.39. The van der Waals surface area contributed by atoms with E-state index < -0.39 is 17.7 Å². The summed E-state index contributed by atoms with van der Waals surface area (Å²) in [5.41, 5.74) is 1.83. The van der Waals surface area contributed by atoms with Crippen molar-refractivity contribution in [3.05, 3.63) is 48.2 Å². The van der Waals surface area contributed by atoms with Crippen LogP contribution in [0.3, 0.4) is 0 Å². The molecule has 11 heteroatoms. The van der Waals surface area contributed by atoms with E-state index in [0.717, 1.165) is 10.9 Å². The van der Waals surface area contributed by atoms with Crippen molar-refractivity contribution in [1.29, 1.82) is 0 Å². The first kappa shape index (κ1) is 25.2. The van der Waals surface area contributed by atoms with Crippen LogP contribution >= 0.6 is 0 Å². The van der Waals surface area contributed by atoms with Gasteiger partial charge in [-0.25, -0.2) is 0 Å². The lowest BCUT2D eigenvalue weighted by Crippen LogP contribution is -2.46. The lowest BCUT2D eigenvalue weighted by Gasteiger charge is -2.32. The molecule has 2 N–H and O–H groups in total. The number of aryl methyl sites for hydroxylation is 1. The number of benzene rings is 2. The summed E-state index contributed by atoms with van der Waals surface area (Å²) >= 11 is 0. The monoisotopic (exact) mass is 519 g/mol. The van der Waals surface area contributed by atoms with E-state index in [1.807, 2.05) is 18.2 Å². The average molecular weight is 520 g/mol. The number of carbonyl (C=O) groups excluding carboxylic acids is 4. The second-order valence-electron chi connectivity index (χ2n) is 9.43. The standard InChI is InChI=1S/C27H29N5O6/c1-31-24-17(23(30-31)18-10-11-22(33)29-25(18)34)6-5-9-21(24)38-16-12-14-32(15-13-16)27(36)26(35)28-19-7-3-4-8-20(19)37-2/h3-9,16,18H,10-15H2,1-2H3,(H,28,35)(H,29,33,34). The molecule has 2 aliphatic heterocycles. The number of anilines is 1. The molecule has 2 aliphatic rings. The number of methoxy groups -OCH3 is 1. The number of fused-ring (bicyclic) bond motifs is 1. The second-order valence-corrected chi connectivity index (χ2v) is 9.43. The molecular weight excluding hydrogens is 490 g/mol. The first-order valence-corrected chi connectivity index (χ1v) is 12.5. The Morgan fingerprint density at radius 1 is 1.03 bits per heavy atom. The molecule has 1 aromatic heterocycles. The fourth-order valence-electron chi connectivity index (χ4n) is 5.06. The van der Waals surface area contributed by atoms with E-state index in [1.165, 1.54) is 12.0 Å². The van der Waals surface area contributed by atoms with Gasteiger partial charge in [0.15, 0.2) is 0 Å². The van der Waals surface area contributed by atoms with E-state index in [0.29, 0.717) is 55.2 Å². The highest BCUT2D eigenvalue weighted by Crippen LogP contribution is 2.35. The molecule has 0 bridgehead atoms. The predicted molar refractivity (Wildman–Crippen MR) is 138 cm³/mol. The van der Waals surface area contributed by atoms with Crippen LogP contribution in [0.5, 0.6) is 11.5 Å². The molecule has 0 aliphatic carbocycles. The van der Waals surface area contributed by atoms with Crippen LogP contribution in [0.2, 0.25) is 0 Å². The Kier molecular flexibility index (Phi) is 6.99. The van der Waals surface area contributed by atoms with Crippen LogP contribution < -0.4 is 20.1 Å². The Balaban J connectivity index is 1.24. The van der Waals surface area contributed by atoms with Gasteiger partial charge in [0.05, 0.1) is 24.4 Å². The third-order valence-corrected chi connectivity index (χ3v) is 7.00. The molecule has 3 heterocycles. The topological polar surface area (TPSA) is 132 Å². The van der Waals surface area contributed by atoms with Crippen LogP contribution in [0.15, 0.2) is 42.5 Å². The van der Waals surface area contributed by atoms with Crippen LogP contribution in [-0.4, -0.2) is 64.6 Å². The van der Waals surface area contributed by atoms with Gasteiger partial charge in [-0.1, -0.05) is 24.3 Å². The molecular formula is C27H29N5O6. The van der Waals surface area contributed by atoms with Gasteiger partial charge in [-0.15, -0.1) is 0 Å². The van der Waals surface area contributed by atoms with E-state index in [1.54, 1.807) is 36.0 Å². The molecule has 0 spiro atoms. The van der Waals surface area contributed by atoms with Crippen molar-refractivity contribution in [2.45, 2.75) is 37.7 Å². The number of amides is 4. The summed E-state index contributed by atoms with van der Waals surface area (Å²) in [6, 6.07) is 12.5. The summed E-state index contributed by atoms with van der Waals surface area (Å²) in [5, 5.41) is 10.4. The first-order valence-electron chi connectivity index (χ1n) is 12.5. The summed E-state index contributed by atoms with van der Waals surface area (Å²) in [6.07, 6.45) is 1.65. The fourth-order valence-corrected chi connectivity index (χ4v) is 5.06. The van der Waals surface area contributed by atoms with E-state index >= 15 is 0 Å².